The summed E-state index contributed by atoms with van der Waals surface area (Å²) >= 11 is 1.81. The molecule has 0 saturated carbocycles. The first-order valence-corrected chi connectivity index (χ1v) is 15.8. The molecule has 40 heavy (non-hydrogen) atoms. The Bertz CT molecular complexity index is 1700. The maximum atomic E-state index is 2.32. The summed E-state index contributed by atoms with van der Waals surface area (Å²) in [6.07, 6.45) is 0. The van der Waals surface area contributed by atoms with Crippen molar-refractivity contribution in [1.82, 2.24) is 0 Å². The number of rotatable bonds is 7. The number of hydrogen-bond donors (Lipinski definition) is 1. The minimum absolute atomic E-state index is 0.647. The molecule has 1 atom stereocenters. The molecular formula is C38H32S2. The standard InChI is InChI=1S/C38H32S2/c1-28-8-6-10-32(26-28)30-14-18-34(19-15-30)39-35-20-24-38(25-21-35)40(36-12-4-3-5-13-36)37-22-16-31(17-23-37)33-11-7-9-29(2)27-33/h3-27,40H,1-2H3. The molecule has 0 aliphatic carbocycles. The van der Waals surface area contributed by atoms with Crippen molar-refractivity contribution in [1.29, 1.82) is 0 Å². The molecule has 0 aromatic heterocycles. The van der Waals surface area contributed by atoms with Crippen molar-refractivity contribution in [3.05, 3.63) is 163 Å². The van der Waals surface area contributed by atoms with Crippen LogP contribution in [0, 0.1) is 13.8 Å². The molecule has 0 aliphatic heterocycles. The Labute approximate surface area is 245 Å². The van der Waals surface area contributed by atoms with Crippen molar-refractivity contribution in [2.24, 2.45) is 0 Å². The lowest BCUT2D eigenvalue weighted by Gasteiger charge is -2.24. The van der Waals surface area contributed by atoms with Gasteiger partial charge in [0.15, 0.2) is 0 Å². The van der Waals surface area contributed by atoms with Crippen LogP contribution < -0.4 is 0 Å². The number of aryl methyl sites for hydroxylation is 2. The Balaban J connectivity index is 1.24. The van der Waals surface area contributed by atoms with Crippen LogP contribution in [0.5, 0.6) is 0 Å². The second kappa shape index (κ2) is 12.0. The lowest BCUT2D eigenvalue weighted by atomic mass is 10.0. The summed E-state index contributed by atoms with van der Waals surface area (Å²) in [5, 5.41) is 0. The lowest BCUT2D eigenvalue weighted by molar-refractivity contribution is 1.29. The summed E-state index contributed by atoms with van der Waals surface area (Å²) < 4.78 is 0. The van der Waals surface area contributed by atoms with Gasteiger partial charge in [0, 0.05) is 9.79 Å². The van der Waals surface area contributed by atoms with Crippen LogP contribution in [0.1, 0.15) is 11.1 Å². The van der Waals surface area contributed by atoms with Crippen LogP contribution in [0.3, 0.4) is 0 Å². The number of thiol groups is 1. The van der Waals surface area contributed by atoms with E-state index in [2.05, 4.69) is 166 Å². The van der Waals surface area contributed by atoms with Gasteiger partial charge in [-0.3, -0.25) is 0 Å². The second-order valence-electron chi connectivity index (χ2n) is 10.1. The van der Waals surface area contributed by atoms with Crippen LogP contribution in [0.25, 0.3) is 22.3 Å². The predicted octanol–water partition coefficient (Wildman–Crippen LogP) is 11.3. The van der Waals surface area contributed by atoms with Crippen molar-refractivity contribution >= 4 is 22.7 Å². The van der Waals surface area contributed by atoms with E-state index in [1.54, 1.807) is 0 Å². The highest BCUT2D eigenvalue weighted by molar-refractivity contribution is 8.17. The maximum absolute atomic E-state index is 2.32. The molecule has 0 fully saturated rings. The Kier molecular flexibility index (Phi) is 7.90. The predicted molar refractivity (Wildman–Crippen MR) is 174 cm³/mol. The minimum atomic E-state index is -0.647. The van der Waals surface area contributed by atoms with E-state index in [0.717, 1.165) is 0 Å². The van der Waals surface area contributed by atoms with Crippen molar-refractivity contribution < 1.29 is 0 Å². The molecule has 0 radical (unpaired) electrons. The minimum Gasteiger partial charge on any atom is -0.173 e. The molecule has 0 spiro atoms. The van der Waals surface area contributed by atoms with Crippen LogP contribution >= 0.6 is 22.7 Å². The van der Waals surface area contributed by atoms with Crippen LogP contribution in [-0.4, -0.2) is 0 Å². The summed E-state index contributed by atoms with van der Waals surface area (Å²) in [5.74, 6) is 0. The van der Waals surface area contributed by atoms with Gasteiger partial charge in [0.2, 0.25) is 0 Å². The van der Waals surface area contributed by atoms with Gasteiger partial charge < -0.3 is 0 Å². The van der Waals surface area contributed by atoms with Crippen LogP contribution in [0.4, 0.5) is 0 Å². The molecule has 0 nitrogen and oxygen atoms in total. The summed E-state index contributed by atoms with van der Waals surface area (Å²) in [5.41, 5.74) is 7.62. The van der Waals surface area contributed by atoms with Crippen LogP contribution in [0.2, 0.25) is 0 Å². The topological polar surface area (TPSA) is 0 Å². The first kappa shape index (κ1) is 26.3. The third-order valence-corrected chi connectivity index (χ3v) is 10.5. The van der Waals surface area contributed by atoms with Gasteiger partial charge in [0.25, 0.3) is 0 Å². The number of hydrogen-bond acceptors (Lipinski definition) is 1. The van der Waals surface area contributed by atoms with Crippen molar-refractivity contribution in [2.75, 3.05) is 0 Å². The highest BCUT2D eigenvalue weighted by atomic mass is 32.2. The van der Waals surface area contributed by atoms with E-state index in [1.807, 2.05) is 11.8 Å². The molecular weight excluding hydrogens is 521 g/mol. The molecule has 196 valence electrons. The van der Waals surface area contributed by atoms with E-state index in [1.165, 1.54) is 57.9 Å². The number of benzene rings is 6. The van der Waals surface area contributed by atoms with Crippen molar-refractivity contribution in [3.63, 3.8) is 0 Å². The summed E-state index contributed by atoms with van der Waals surface area (Å²) in [6.45, 7) is 4.29. The monoisotopic (exact) mass is 552 g/mol. The highest BCUT2D eigenvalue weighted by Crippen LogP contribution is 2.51. The van der Waals surface area contributed by atoms with Gasteiger partial charge in [-0.25, -0.2) is 0 Å². The molecule has 0 heterocycles. The van der Waals surface area contributed by atoms with E-state index in [0.29, 0.717) is 0 Å². The molecule has 0 saturated heterocycles. The highest BCUT2D eigenvalue weighted by Gasteiger charge is 2.13. The van der Waals surface area contributed by atoms with E-state index in [-0.39, 0.29) is 0 Å². The zero-order valence-electron chi connectivity index (χ0n) is 22.8. The van der Waals surface area contributed by atoms with Gasteiger partial charge in [-0.15, -0.1) is 0 Å². The molecule has 0 bridgehead atoms. The van der Waals surface area contributed by atoms with Gasteiger partial charge in [0.1, 0.15) is 0 Å². The van der Waals surface area contributed by atoms with Gasteiger partial charge in [0.05, 0.1) is 0 Å². The fourth-order valence-corrected chi connectivity index (χ4v) is 8.07. The summed E-state index contributed by atoms with van der Waals surface area (Å²) in [7, 11) is -0.647. The van der Waals surface area contributed by atoms with Crippen molar-refractivity contribution in [3.8, 4) is 22.3 Å². The third-order valence-electron chi connectivity index (χ3n) is 7.03. The third kappa shape index (κ3) is 6.09. The van der Waals surface area contributed by atoms with E-state index in [9.17, 15) is 0 Å². The van der Waals surface area contributed by atoms with E-state index >= 15 is 0 Å². The SMILES string of the molecule is Cc1cccc(-c2ccc(Sc3ccc([SH](c4ccccc4)c4ccc(-c5cccc(C)c5)cc4)cc3)cc2)c1. The second-order valence-corrected chi connectivity index (χ2v) is 13.4. The van der Waals surface area contributed by atoms with E-state index in [4.69, 9.17) is 0 Å². The molecule has 1 unspecified atom stereocenters. The summed E-state index contributed by atoms with van der Waals surface area (Å²) in [4.78, 5) is 6.60. The molecule has 0 amide bonds. The Morgan fingerprint density at radius 2 is 0.800 bits per heavy atom. The van der Waals surface area contributed by atoms with E-state index < -0.39 is 10.9 Å². The van der Waals surface area contributed by atoms with Gasteiger partial charge in [-0.05, 0) is 111 Å². The fraction of sp³-hybridized carbons (Fsp3) is 0.0526. The largest absolute Gasteiger partial charge is 0.173 e. The molecule has 0 N–H and O–H groups in total. The lowest BCUT2D eigenvalue weighted by Crippen LogP contribution is -1.89. The Morgan fingerprint density at radius 3 is 1.30 bits per heavy atom. The Morgan fingerprint density at radius 1 is 0.375 bits per heavy atom. The van der Waals surface area contributed by atoms with Gasteiger partial charge in [-0.1, -0.05) is 114 Å². The average Bonchev–Trinajstić information content (AvgIpc) is 2.99. The molecule has 6 rings (SSSR count). The maximum Gasteiger partial charge on any atom is 0.0123 e. The first-order valence-electron chi connectivity index (χ1n) is 13.6. The molecule has 6 aromatic carbocycles. The van der Waals surface area contributed by atoms with Crippen LogP contribution in [0.15, 0.2) is 176 Å². The van der Waals surface area contributed by atoms with Crippen molar-refractivity contribution in [2.45, 2.75) is 38.3 Å². The first-order chi connectivity index (χ1) is 19.6. The molecule has 2 heteroatoms. The molecule has 0 aliphatic rings. The summed E-state index contributed by atoms with van der Waals surface area (Å²) in [6, 6.07) is 55.6. The molecule has 6 aromatic rings. The average molecular weight is 553 g/mol. The zero-order chi connectivity index (χ0) is 27.3. The van der Waals surface area contributed by atoms with Gasteiger partial charge in [-0.2, -0.15) is 10.9 Å². The smallest absolute Gasteiger partial charge is 0.0123 e. The quantitative estimate of drug-likeness (QED) is 0.192. The van der Waals surface area contributed by atoms with Gasteiger partial charge >= 0.3 is 0 Å². The zero-order valence-corrected chi connectivity index (χ0v) is 24.5. The fourth-order valence-electron chi connectivity index (χ4n) is 4.99. The normalized spacial score (nSPS) is 12.2. The van der Waals surface area contributed by atoms with Crippen LogP contribution in [-0.2, 0) is 0 Å². The Hall–Kier alpha value is -3.98.